The summed E-state index contributed by atoms with van der Waals surface area (Å²) in [6, 6.07) is 1.91. The zero-order valence-corrected chi connectivity index (χ0v) is 11.8. The Morgan fingerprint density at radius 1 is 1.57 bits per heavy atom. The Morgan fingerprint density at radius 3 is 2.79 bits per heavy atom. The maximum Gasteiger partial charge on any atom is 0.104 e. The number of thiophene rings is 1. The molecule has 0 saturated carbocycles. The van der Waals surface area contributed by atoms with Crippen molar-refractivity contribution >= 4 is 43.2 Å². The Hall–Kier alpha value is 0.580. The van der Waals surface area contributed by atoms with Crippen LogP contribution in [0.3, 0.4) is 0 Å². The summed E-state index contributed by atoms with van der Waals surface area (Å²) in [5.74, 6) is 0. The average molecular weight is 344 g/mol. The molecule has 0 aliphatic rings. The molecular formula is C9H12Br2O2S. The lowest BCUT2D eigenvalue weighted by Crippen LogP contribution is -2.07. The van der Waals surface area contributed by atoms with Crippen LogP contribution in [0.4, 0.5) is 0 Å². The number of aliphatic hydroxyl groups excluding tert-OH is 1. The molecule has 2 nitrogen and oxygen atoms in total. The van der Waals surface area contributed by atoms with E-state index >= 15 is 0 Å². The van der Waals surface area contributed by atoms with Crippen molar-refractivity contribution in [3.05, 3.63) is 19.2 Å². The SMILES string of the molecule is CCCOCC(O)c1cc(Br)sc1Br. The molecule has 1 unspecified atom stereocenters. The molecule has 1 N–H and O–H groups in total. The maximum atomic E-state index is 9.77. The molecule has 1 heterocycles. The lowest BCUT2D eigenvalue weighted by atomic mass is 10.2. The fourth-order valence-electron chi connectivity index (χ4n) is 1.01. The number of halogens is 2. The van der Waals surface area contributed by atoms with Crippen molar-refractivity contribution in [3.8, 4) is 0 Å². The van der Waals surface area contributed by atoms with Gasteiger partial charge in [-0.3, -0.25) is 0 Å². The van der Waals surface area contributed by atoms with Crippen LogP contribution >= 0.6 is 43.2 Å². The number of ether oxygens (including phenoxy) is 1. The van der Waals surface area contributed by atoms with Gasteiger partial charge in [0.05, 0.1) is 14.2 Å². The minimum absolute atomic E-state index is 0.357. The summed E-state index contributed by atoms with van der Waals surface area (Å²) in [5, 5.41) is 9.77. The summed E-state index contributed by atoms with van der Waals surface area (Å²) in [6.45, 7) is 3.10. The van der Waals surface area contributed by atoms with Gasteiger partial charge in [0, 0.05) is 12.2 Å². The number of aliphatic hydroxyl groups is 1. The third kappa shape index (κ3) is 3.62. The third-order valence-corrected chi connectivity index (χ3v) is 4.05. The molecule has 0 spiro atoms. The standard InChI is InChI=1S/C9H12Br2O2S/c1-2-3-13-5-7(12)6-4-8(10)14-9(6)11/h4,7,12H,2-3,5H2,1H3. The monoisotopic (exact) mass is 342 g/mol. The molecule has 0 fully saturated rings. The first-order valence-electron chi connectivity index (χ1n) is 4.35. The van der Waals surface area contributed by atoms with E-state index in [9.17, 15) is 5.11 Å². The van der Waals surface area contributed by atoms with Crippen molar-refractivity contribution in [3.63, 3.8) is 0 Å². The molecule has 0 bridgehead atoms. The van der Waals surface area contributed by atoms with Crippen molar-refractivity contribution in [2.24, 2.45) is 0 Å². The second-order valence-corrected chi connectivity index (χ2v) is 6.62. The molecule has 1 atom stereocenters. The van der Waals surface area contributed by atoms with Crippen molar-refractivity contribution in [1.82, 2.24) is 0 Å². The van der Waals surface area contributed by atoms with Crippen LogP contribution in [0, 0.1) is 0 Å². The molecule has 1 aromatic heterocycles. The Kier molecular flexibility index (Phi) is 5.62. The van der Waals surface area contributed by atoms with Gasteiger partial charge < -0.3 is 9.84 Å². The Labute approximate surface area is 105 Å². The highest BCUT2D eigenvalue weighted by Gasteiger charge is 2.14. The summed E-state index contributed by atoms with van der Waals surface area (Å²) >= 11 is 8.32. The molecule has 80 valence electrons. The molecule has 0 aliphatic carbocycles. The van der Waals surface area contributed by atoms with Gasteiger partial charge in [0.1, 0.15) is 6.10 Å². The largest absolute Gasteiger partial charge is 0.386 e. The topological polar surface area (TPSA) is 29.5 Å². The Balaban J connectivity index is 2.51. The zero-order chi connectivity index (χ0) is 10.6. The zero-order valence-electron chi connectivity index (χ0n) is 7.80. The summed E-state index contributed by atoms with van der Waals surface area (Å²) in [4.78, 5) is 0. The number of hydrogen-bond donors (Lipinski definition) is 1. The van der Waals surface area contributed by atoms with E-state index in [1.807, 2.05) is 13.0 Å². The quantitative estimate of drug-likeness (QED) is 0.825. The van der Waals surface area contributed by atoms with Crippen LogP contribution in [0.25, 0.3) is 0 Å². The lowest BCUT2D eigenvalue weighted by Gasteiger charge is -2.09. The average Bonchev–Trinajstić information content (AvgIpc) is 2.45. The summed E-state index contributed by atoms with van der Waals surface area (Å²) in [5.41, 5.74) is 0.887. The van der Waals surface area contributed by atoms with Crippen molar-refractivity contribution in [1.29, 1.82) is 0 Å². The first-order chi connectivity index (χ1) is 6.65. The van der Waals surface area contributed by atoms with Gasteiger partial charge in [-0.1, -0.05) is 6.92 Å². The molecule has 5 heteroatoms. The molecule has 0 aliphatic heterocycles. The molecule has 0 aromatic carbocycles. The molecule has 0 amide bonds. The van der Waals surface area contributed by atoms with E-state index in [1.54, 1.807) is 11.3 Å². The van der Waals surface area contributed by atoms with Crippen LogP contribution in [0.15, 0.2) is 13.6 Å². The first-order valence-corrected chi connectivity index (χ1v) is 6.76. The maximum absolute atomic E-state index is 9.77. The van der Waals surface area contributed by atoms with E-state index in [0.717, 1.165) is 19.6 Å². The van der Waals surface area contributed by atoms with Crippen LogP contribution in [0.1, 0.15) is 25.0 Å². The molecule has 14 heavy (non-hydrogen) atoms. The molecular weight excluding hydrogens is 332 g/mol. The summed E-state index contributed by atoms with van der Waals surface area (Å²) < 4.78 is 7.25. The van der Waals surface area contributed by atoms with Crippen LogP contribution < -0.4 is 0 Å². The van der Waals surface area contributed by atoms with Gasteiger partial charge in [-0.05, 0) is 44.3 Å². The van der Waals surface area contributed by atoms with Crippen LogP contribution in [-0.4, -0.2) is 18.3 Å². The third-order valence-electron chi connectivity index (χ3n) is 1.67. The highest BCUT2D eigenvalue weighted by molar-refractivity contribution is 9.12. The van der Waals surface area contributed by atoms with Gasteiger partial charge in [-0.25, -0.2) is 0 Å². The Bertz CT molecular complexity index is 288. The highest BCUT2D eigenvalue weighted by atomic mass is 79.9. The minimum atomic E-state index is -0.543. The smallest absolute Gasteiger partial charge is 0.104 e. The second kappa shape index (κ2) is 6.23. The van der Waals surface area contributed by atoms with Crippen molar-refractivity contribution in [2.45, 2.75) is 19.4 Å². The lowest BCUT2D eigenvalue weighted by molar-refractivity contribution is 0.0362. The summed E-state index contributed by atoms with van der Waals surface area (Å²) in [7, 11) is 0. The van der Waals surface area contributed by atoms with Crippen molar-refractivity contribution in [2.75, 3.05) is 13.2 Å². The highest BCUT2D eigenvalue weighted by Crippen LogP contribution is 2.35. The van der Waals surface area contributed by atoms with Crippen LogP contribution in [0.5, 0.6) is 0 Å². The Morgan fingerprint density at radius 2 is 2.29 bits per heavy atom. The fraction of sp³-hybridized carbons (Fsp3) is 0.556. The van der Waals surface area contributed by atoms with E-state index in [-0.39, 0.29) is 0 Å². The molecule has 1 rings (SSSR count). The number of hydrogen-bond acceptors (Lipinski definition) is 3. The first kappa shape index (κ1) is 12.6. The molecule has 1 aromatic rings. The van der Waals surface area contributed by atoms with E-state index in [1.165, 1.54) is 0 Å². The van der Waals surface area contributed by atoms with E-state index in [4.69, 9.17) is 4.74 Å². The van der Waals surface area contributed by atoms with Gasteiger partial charge in [-0.15, -0.1) is 11.3 Å². The fourth-order valence-corrected chi connectivity index (χ4v) is 3.96. The predicted octanol–water partition coefficient (Wildman–Crippen LogP) is 3.73. The van der Waals surface area contributed by atoms with Gasteiger partial charge in [0.2, 0.25) is 0 Å². The van der Waals surface area contributed by atoms with E-state index in [0.29, 0.717) is 13.2 Å². The van der Waals surface area contributed by atoms with Gasteiger partial charge in [-0.2, -0.15) is 0 Å². The minimum Gasteiger partial charge on any atom is -0.386 e. The normalized spacial score (nSPS) is 13.1. The molecule has 0 saturated heterocycles. The van der Waals surface area contributed by atoms with Gasteiger partial charge in [0.15, 0.2) is 0 Å². The number of rotatable bonds is 5. The van der Waals surface area contributed by atoms with Gasteiger partial charge >= 0.3 is 0 Å². The predicted molar refractivity (Wildman–Crippen MR) is 65.8 cm³/mol. The van der Waals surface area contributed by atoms with Crippen LogP contribution in [-0.2, 0) is 4.74 Å². The van der Waals surface area contributed by atoms with Gasteiger partial charge in [0.25, 0.3) is 0 Å². The van der Waals surface area contributed by atoms with E-state index < -0.39 is 6.10 Å². The molecule has 0 radical (unpaired) electrons. The van der Waals surface area contributed by atoms with Crippen molar-refractivity contribution < 1.29 is 9.84 Å². The second-order valence-electron chi connectivity index (χ2n) is 2.87. The summed E-state index contributed by atoms with van der Waals surface area (Å²) in [6.07, 6.45) is 0.430. The van der Waals surface area contributed by atoms with Crippen LogP contribution in [0.2, 0.25) is 0 Å². The van der Waals surface area contributed by atoms with E-state index in [2.05, 4.69) is 31.9 Å².